The van der Waals surface area contributed by atoms with Gasteiger partial charge in [0.2, 0.25) is 11.8 Å². The molecule has 29 heavy (non-hydrogen) atoms. The monoisotopic (exact) mass is 414 g/mol. The van der Waals surface area contributed by atoms with Gasteiger partial charge < -0.3 is 20.9 Å². The van der Waals surface area contributed by atoms with Crippen molar-refractivity contribution in [3.8, 4) is 0 Å². The average molecular weight is 415 g/mol. The Balaban J connectivity index is 1.65. The van der Waals surface area contributed by atoms with Crippen molar-refractivity contribution in [1.29, 1.82) is 0 Å². The summed E-state index contributed by atoms with van der Waals surface area (Å²) in [7, 11) is 0. The lowest BCUT2D eigenvalue weighted by molar-refractivity contribution is -0.130. The van der Waals surface area contributed by atoms with Crippen LogP contribution in [0.2, 0.25) is 5.02 Å². The molecule has 3 rings (SSSR count). The third-order valence-corrected chi connectivity index (χ3v) is 4.96. The quantitative estimate of drug-likeness (QED) is 0.701. The molecule has 2 aromatic rings. The van der Waals surface area contributed by atoms with Crippen LogP contribution < -0.4 is 16.0 Å². The number of halogens is 1. The van der Waals surface area contributed by atoms with Crippen molar-refractivity contribution in [2.75, 3.05) is 23.7 Å². The van der Waals surface area contributed by atoms with E-state index in [-0.39, 0.29) is 18.2 Å². The van der Waals surface area contributed by atoms with Crippen molar-refractivity contribution in [2.45, 2.75) is 25.8 Å². The number of benzene rings is 2. The summed E-state index contributed by atoms with van der Waals surface area (Å²) in [5, 5.41) is 8.80. The van der Waals surface area contributed by atoms with Crippen molar-refractivity contribution in [2.24, 2.45) is 0 Å². The maximum atomic E-state index is 12.7. The molecule has 1 aliphatic rings. The second-order valence-corrected chi connectivity index (χ2v) is 7.18. The normalized spacial score (nSPS) is 16.1. The molecular formula is C21H23ClN4O3. The van der Waals surface area contributed by atoms with Crippen molar-refractivity contribution >= 4 is 40.8 Å². The highest BCUT2D eigenvalue weighted by molar-refractivity contribution is 6.30. The van der Waals surface area contributed by atoms with E-state index in [1.54, 1.807) is 24.3 Å². The molecule has 1 aliphatic heterocycles. The molecule has 1 atom stereocenters. The summed E-state index contributed by atoms with van der Waals surface area (Å²) in [6, 6.07) is 12.9. The molecule has 0 unspecified atom stereocenters. The van der Waals surface area contributed by atoms with Gasteiger partial charge in [-0.05, 0) is 48.4 Å². The standard InChI is InChI=1S/C21H23ClN4O3/c1-2-14-3-7-16(8-4-14)24-19(27)13-18-20(28)23-11-12-26(18)21(29)25-17-9-5-15(22)6-10-17/h3-10,18H,2,11-13H2,1H3,(H,23,28)(H,24,27)(H,25,29)/t18-/m1/s1. The number of nitrogens with one attached hydrogen (secondary N) is 3. The van der Waals surface area contributed by atoms with E-state index < -0.39 is 12.1 Å². The summed E-state index contributed by atoms with van der Waals surface area (Å²) in [5.41, 5.74) is 2.38. The van der Waals surface area contributed by atoms with E-state index in [9.17, 15) is 14.4 Å². The summed E-state index contributed by atoms with van der Waals surface area (Å²) in [5.74, 6) is -0.681. The minimum Gasteiger partial charge on any atom is -0.353 e. The van der Waals surface area contributed by atoms with Gasteiger partial charge in [0.15, 0.2) is 0 Å². The Hall–Kier alpha value is -3.06. The maximum Gasteiger partial charge on any atom is 0.322 e. The fourth-order valence-corrected chi connectivity index (χ4v) is 3.23. The number of rotatable bonds is 5. The molecule has 1 heterocycles. The third kappa shape index (κ3) is 5.48. The number of carbonyl (C=O) groups is 3. The van der Waals surface area contributed by atoms with Gasteiger partial charge in [-0.25, -0.2) is 4.79 Å². The molecule has 2 aromatic carbocycles. The van der Waals surface area contributed by atoms with E-state index in [4.69, 9.17) is 11.6 Å². The highest BCUT2D eigenvalue weighted by Crippen LogP contribution is 2.17. The average Bonchev–Trinajstić information content (AvgIpc) is 2.71. The van der Waals surface area contributed by atoms with Gasteiger partial charge in [-0.2, -0.15) is 0 Å². The largest absolute Gasteiger partial charge is 0.353 e. The minimum atomic E-state index is -0.883. The van der Waals surface area contributed by atoms with Gasteiger partial charge in [-0.15, -0.1) is 0 Å². The van der Waals surface area contributed by atoms with E-state index in [1.807, 2.05) is 24.3 Å². The van der Waals surface area contributed by atoms with Gasteiger partial charge in [-0.1, -0.05) is 30.7 Å². The van der Waals surface area contributed by atoms with Crippen LogP contribution in [-0.2, 0) is 16.0 Å². The van der Waals surface area contributed by atoms with Crippen LogP contribution in [0.4, 0.5) is 16.2 Å². The van der Waals surface area contributed by atoms with Gasteiger partial charge in [0.1, 0.15) is 6.04 Å². The number of amides is 4. The Bertz CT molecular complexity index is 884. The van der Waals surface area contributed by atoms with Crippen LogP contribution >= 0.6 is 11.6 Å². The molecule has 0 radical (unpaired) electrons. The third-order valence-electron chi connectivity index (χ3n) is 4.71. The van der Waals surface area contributed by atoms with E-state index in [0.717, 1.165) is 6.42 Å². The molecule has 0 aromatic heterocycles. The predicted octanol–water partition coefficient (Wildman–Crippen LogP) is 3.26. The first-order valence-electron chi connectivity index (χ1n) is 9.46. The second-order valence-electron chi connectivity index (χ2n) is 6.74. The first-order valence-corrected chi connectivity index (χ1v) is 9.83. The molecule has 0 bridgehead atoms. The predicted molar refractivity (Wildman–Crippen MR) is 113 cm³/mol. The molecule has 8 heteroatoms. The summed E-state index contributed by atoms with van der Waals surface area (Å²) in [6.07, 6.45) is 0.781. The van der Waals surface area contributed by atoms with Crippen molar-refractivity contribution < 1.29 is 14.4 Å². The highest BCUT2D eigenvalue weighted by Gasteiger charge is 2.34. The van der Waals surface area contributed by atoms with Crippen LogP contribution in [0, 0.1) is 0 Å². The van der Waals surface area contributed by atoms with Crippen molar-refractivity contribution in [3.63, 3.8) is 0 Å². The molecule has 1 saturated heterocycles. The van der Waals surface area contributed by atoms with Crippen LogP contribution in [0.3, 0.4) is 0 Å². The smallest absolute Gasteiger partial charge is 0.322 e. The zero-order chi connectivity index (χ0) is 20.8. The van der Waals surface area contributed by atoms with E-state index in [2.05, 4.69) is 22.9 Å². The van der Waals surface area contributed by atoms with Crippen molar-refractivity contribution in [1.82, 2.24) is 10.2 Å². The van der Waals surface area contributed by atoms with Crippen LogP contribution in [0.25, 0.3) is 0 Å². The van der Waals surface area contributed by atoms with Crippen LogP contribution in [0.5, 0.6) is 0 Å². The number of piperazine rings is 1. The zero-order valence-electron chi connectivity index (χ0n) is 16.1. The number of urea groups is 1. The fourth-order valence-electron chi connectivity index (χ4n) is 3.10. The number of carbonyl (C=O) groups excluding carboxylic acids is 3. The van der Waals surface area contributed by atoms with Crippen LogP contribution in [0.1, 0.15) is 18.9 Å². The molecule has 0 spiro atoms. The van der Waals surface area contributed by atoms with Gasteiger partial charge in [0.05, 0.1) is 6.42 Å². The van der Waals surface area contributed by atoms with Gasteiger partial charge in [-0.3, -0.25) is 9.59 Å². The molecule has 0 aliphatic carbocycles. The molecule has 7 nitrogen and oxygen atoms in total. The Labute approximate surface area is 174 Å². The fraction of sp³-hybridized carbons (Fsp3) is 0.286. The minimum absolute atomic E-state index is 0.130. The molecule has 152 valence electrons. The summed E-state index contributed by atoms with van der Waals surface area (Å²) < 4.78 is 0. The zero-order valence-corrected chi connectivity index (χ0v) is 16.8. The second kappa shape index (κ2) is 9.43. The van der Waals surface area contributed by atoms with Gasteiger partial charge in [0, 0.05) is 29.5 Å². The van der Waals surface area contributed by atoms with E-state index in [0.29, 0.717) is 29.5 Å². The highest BCUT2D eigenvalue weighted by atomic mass is 35.5. The molecule has 4 amide bonds. The summed E-state index contributed by atoms with van der Waals surface area (Å²) >= 11 is 5.86. The molecule has 3 N–H and O–H groups in total. The number of aryl methyl sites for hydroxylation is 1. The van der Waals surface area contributed by atoms with Crippen LogP contribution in [0.15, 0.2) is 48.5 Å². The summed E-state index contributed by atoms with van der Waals surface area (Å²) in [6.45, 7) is 2.71. The summed E-state index contributed by atoms with van der Waals surface area (Å²) in [4.78, 5) is 38.9. The molecular weight excluding hydrogens is 392 g/mol. The number of anilines is 2. The lowest BCUT2D eigenvalue weighted by Crippen LogP contribution is -2.59. The van der Waals surface area contributed by atoms with Crippen molar-refractivity contribution in [3.05, 3.63) is 59.1 Å². The van der Waals surface area contributed by atoms with Gasteiger partial charge in [0.25, 0.3) is 0 Å². The Morgan fingerprint density at radius 3 is 2.34 bits per heavy atom. The Kier molecular flexibility index (Phi) is 6.72. The van der Waals surface area contributed by atoms with E-state index in [1.165, 1.54) is 10.5 Å². The molecule has 0 saturated carbocycles. The first-order chi connectivity index (χ1) is 14.0. The number of hydrogen-bond donors (Lipinski definition) is 3. The Morgan fingerprint density at radius 2 is 1.69 bits per heavy atom. The maximum absolute atomic E-state index is 12.7. The first kappa shape index (κ1) is 20.7. The van der Waals surface area contributed by atoms with E-state index >= 15 is 0 Å². The number of nitrogens with zero attached hydrogens (tertiary/aromatic N) is 1. The topological polar surface area (TPSA) is 90.5 Å². The Morgan fingerprint density at radius 1 is 1.07 bits per heavy atom. The lowest BCUT2D eigenvalue weighted by Gasteiger charge is -2.34. The molecule has 1 fully saturated rings. The van der Waals surface area contributed by atoms with Crippen LogP contribution in [-0.4, -0.2) is 41.9 Å². The SMILES string of the molecule is CCc1ccc(NC(=O)C[C@@H]2C(=O)NCCN2C(=O)Nc2ccc(Cl)cc2)cc1. The lowest BCUT2D eigenvalue weighted by atomic mass is 10.1. The van der Waals surface area contributed by atoms with Gasteiger partial charge >= 0.3 is 6.03 Å². The number of hydrogen-bond acceptors (Lipinski definition) is 3.